The van der Waals surface area contributed by atoms with Gasteiger partial charge in [-0.25, -0.2) is 0 Å². The molecule has 4 heteroatoms. The van der Waals surface area contributed by atoms with Crippen molar-refractivity contribution in [1.29, 1.82) is 5.26 Å². The lowest BCUT2D eigenvalue weighted by Gasteiger charge is -1.93. The maximum Gasteiger partial charge on any atom is 0.151 e. The maximum atomic E-state index is 8.60. The molecule has 1 aromatic heterocycles. The van der Waals surface area contributed by atoms with Crippen LogP contribution in [0.15, 0.2) is 6.20 Å². The third-order valence-electron chi connectivity index (χ3n) is 1.20. The highest BCUT2D eigenvalue weighted by molar-refractivity contribution is 14.1. The van der Waals surface area contributed by atoms with E-state index in [4.69, 9.17) is 5.26 Å². The summed E-state index contributed by atoms with van der Waals surface area (Å²) in [6.45, 7) is 2.72. The number of hydrogen-bond acceptors (Lipinski definition) is 2. The van der Waals surface area contributed by atoms with E-state index in [9.17, 15) is 0 Å². The first-order valence-electron chi connectivity index (χ1n) is 2.91. The third kappa shape index (κ3) is 1.14. The summed E-state index contributed by atoms with van der Waals surface area (Å²) in [5, 5.41) is 12.6. The van der Waals surface area contributed by atoms with E-state index in [2.05, 4.69) is 33.8 Å². The Kier molecular flexibility index (Phi) is 2.27. The van der Waals surface area contributed by atoms with E-state index < -0.39 is 0 Å². The van der Waals surface area contributed by atoms with Crippen LogP contribution in [0.2, 0.25) is 0 Å². The molecular weight excluding hydrogens is 241 g/mol. The molecule has 0 radical (unpaired) electrons. The molecule has 1 heterocycles. The zero-order valence-electron chi connectivity index (χ0n) is 5.50. The van der Waals surface area contributed by atoms with Crippen molar-refractivity contribution in [3.05, 3.63) is 15.5 Å². The molecule has 0 N–H and O–H groups in total. The summed E-state index contributed by atoms with van der Waals surface area (Å²) in [7, 11) is 0. The van der Waals surface area contributed by atoms with Gasteiger partial charge in [-0.2, -0.15) is 10.4 Å². The van der Waals surface area contributed by atoms with Gasteiger partial charge >= 0.3 is 0 Å². The lowest BCUT2D eigenvalue weighted by Crippen LogP contribution is -1.99. The van der Waals surface area contributed by atoms with Gasteiger partial charge in [0.15, 0.2) is 5.69 Å². The quantitative estimate of drug-likeness (QED) is 0.703. The molecule has 0 saturated carbocycles. The molecule has 1 rings (SSSR count). The summed E-state index contributed by atoms with van der Waals surface area (Å²) < 4.78 is 2.60. The minimum atomic E-state index is 0.656. The average molecular weight is 247 g/mol. The lowest BCUT2D eigenvalue weighted by atomic mass is 10.5. The summed E-state index contributed by atoms with van der Waals surface area (Å²) >= 11 is 2.10. The Morgan fingerprint density at radius 3 is 3.00 bits per heavy atom. The Labute approximate surface area is 72.8 Å². The molecule has 10 heavy (non-hydrogen) atoms. The smallest absolute Gasteiger partial charge is 0.151 e. The Morgan fingerprint density at radius 2 is 2.60 bits per heavy atom. The fraction of sp³-hybridized carbons (Fsp3) is 0.333. The van der Waals surface area contributed by atoms with Crippen molar-refractivity contribution in [2.24, 2.45) is 0 Å². The molecule has 0 fully saturated rings. The molecule has 0 saturated heterocycles. The standard InChI is InChI=1S/C6H6IN3/c1-2-10-6(3-8)5(7)4-9-10/h4H,2H2,1H3. The van der Waals surface area contributed by atoms with E-state index in [1.54, 1.807) is 10.9 Å². The van der Waals surface area contributed by atoms with Crippen molar-refractivity contribution in [2.45, 2.75) is 13.5 Å². The first kappa shape index (κ1) is 7.54. The van der Waals surface area contributed by atoms with Crippen molar-refractivity contribution in [3.8, 4) is 6.07 Å². The van der Waals surface area contributed by atoms with Crippen LogP contribution in [0.4, 0.5) is 0 Å². The van der Waals surface area contributed by atoms with E-state index in [1.165, 1.54) is 0 Å². The van der Waals surface area contributed by atoms with Crippen LogP contribution in [-0.4, -0.2) is 9.78 Å². The molecule has 0 atom stereocenters. The molecule has 0 aromatic carbocycles. The van der Waals surface area contributed by atoms with Crippen molar-refractivity contribution >= 4 is 22.6 Å². The number of nitriles is 1. The number of aromatic nitrogens is 2. The molecule has 0 spiro atoms. The van der Waals surface area contributed by atoms with E-state index in [-0.39, 0.29) is 0 Å². The van der Waals surface area contributed by atoms with Crippen molar-refractivity contribution in [2.75, 3.05) is 0 Å². The highest BCUT2D eigenvalue weighted by Gasteiger charge is 2.04. The predicted octanol–water partition coefficient (Wildman–Crippen LogP) is 1.38. The van der Waals surface area contributed by atoms with Crippen LogP contribution in [0.5, 0.6) is 0 Å². The summed E-state index contributed by atoms with van der Waals surface area (Å²) in [5.41, 5.74) is 0.656. The Morgan fingerprint density at radius 1 is 1.90 bits per heavy atom. The van der Waals surface area contributed by atoms with Gasteiger partial charge < -0.3 is 0 Å². The van der Waals surface area contributed by atoms with Crippen LogP contribution in [0, 0.1) is 14.9 Å². The molecule has 0 aliphatic carbocycles. The van der Waals surface area contributed by atoms with Gasteiger partial charge in [0.1, 0.15) is 6.07 Å². The number of nitrogens with zero attached hydrogens (tertiary/aromatic N) is 3. The molecule has 1 aromatic rings. The summed E-state index contributed by atoms with van der Waals surface area (Å²) in [6.07, 6.45) is 1.70. The van der Waals surface area contributed by atoms with Crippen LogP contribution < -0.4 is 0 Å². The second kappa shape index (κ2) is 3.01. The second-order valence-electron chi connectivity index (χ2n) is 1.77. The second-order valence-corrected chi connectivity index (χ2v) is 2.93. The van der Waals surface area contributed by atoms with E-state index in [0.29, 0.717) is 5.69 Å². The van der Waals surface area contributed by atoms with Crippen molar-refractivity contribution < 1.29 is 0 Å². The molecule has 0 amide bonds. The van der Waals surface area contributed by atoms with Gasteiger partial charge in [0, 0.05) is 6.54 Å². The van der Waals surface area contributed by atoms with Gasteiger partial charge in [0.2, 0.25) is 0 Å². The summed E-state index contributed by atoms with van der Waals surface area (Å²) in [5.74, 6) is 0. The SMILES string of the molecule is CCn1ncc(I)c1C#N. The number of rotatable bonds is 1. The van der Waals surface area contributed by atoms with Gasteiger partial charge in [0.05, 0.1) is 9.77 Å². The topological polar surface area (TPSA) is 41.6 Å². The number of halogens is 1. The minimum Gasteiger partial charge on any atom is -0.254 e. The molecule has 0 aliphatic rings. The van der Waals surface area contributed by atoms with Gasteiger partial charge in [-0.3, -0.25) is 4.68 Å². The average Bonchev–Trinajstić information content (AvgIpc) is 2.30. The Balaban J connectivity index is 3.17. The van der Waals surface area contributed by atoms with Gasteiger partial charge in [-0.15, -0.1) is 0 Å². The molecule has 52 valence electrons. The fourth-order valence-electron chi connectivity index (χ4n) is 0.713. The van der Waals surface area contributed by atoms with E-state index >= 15 is 0 Å². The molecule has 3 nitrogen and oxygen atoms in total. The van der Waals surface area contributed by atoms with Gasteiger partial charge in [-0.1, -0.05) is 0 Å². The van der Waals surface area contributed by atoms with Gasteiger partial charge in [-0.05, 0) is 29.5 Å². The Bertz CT molecular complexity index is 271. The number of aryl methyl sites for hydroxylation is 1. The monoisotopic (exact) mass is 247 g/mol. The van der Waals surface area contributed by atoms with Crippen LogP contribution in [0.25, 0.3) is 0 Å². The van der Waals surface area contributed by atoms with Gasteiger partial charge in [0.25, 0.3) is 0 Å². The van der Waals surface area contributed by atoms with Crippen molar-refractivity contribution in [3.63, 3.8) is 0 Å². The van der Waals surface area contributed by atoms with Crippen LogP contribution in [-0.2, 0) is 6.54 Å². The highest BCUT2D eigenvalue weighted by Crippen LogP contribution is 2.09. The summed E-state index contributed by atoms with van der Waals surface area (Å²) in [4.78, 5) is 0. The van der Waals surface area contributed by atoms with Crippen LogP contribution >= 0.6 is 22.6 Å². The normalized spacial score (nSPS) is 9.30. The van der Waals surface area contributed by atoms with Crippen LogP contribution in [0.1, 0.15) is 12.6 Å². The largest absolute Gasteiger partial charge is 0.254 e. The maximum absolute atomic E-state index is 8.60. The molecular formula is C6H6IN3. The first-order chi connectivity index (χ1) is 4.79. The summed E-state index contributed by atoms with van der Waals surface area (Å²) in [6, 6.07) is 2.09. The highest BCUT2D eigenvalue weighted by atomic mass is 127. The molecule has 0 aliphatic heterocycles. The molecule has 0 unspecified atom stereocenters. The fourth-order valence-corrected chi connectivity index (χ4v) is 1.24. The van der Waals surface area contributed by atoms with Crippen molar-refractivity contribution in [1.82, 2.24) is 9.78 Å². The predicted molar refractivity (Wildman–Crippen MR) is 45.3 cm³/mol. The zero-order chi connectivity index (χ0) is 7.56. The first-order valence-corrected chi connectivity index (χ1v) is 3.99. The lowest BCUT2D eigenvalue weighted by molar-refractivity contribution is 0.651. The van der Waals surface area contributed by atoms with E-state index in [1.807, 2.05) is 6.92 Å². The third-order valence-corrected chi connectivity index (χ3v) is 1.99. The molecule has 0 bridgehead atoms. The number of hydrogen-bond donors (Lipinski definition) is 0. The zero-order valence-corrected chi connectivity index (χ0v) is 7.66. The Hall–Kier alpha value is -0.570. The van der Waals surface area contributed by atoms with Crippen LogP contribution in [0.3, 0.4) is 0 Å². The minimum absolute atomic E-state index is 0.656. The van der Waals surface area contributed by atoms with E-state index in [0.717, 1.165) is 10.1 Å².